The third-order valence-corrected chi connectivity index (χ3v) is 7.31. The van der Waals surface area contributed by atoms with Crippen LogP contribution in [0.2, 0.25) is 0 Å². The lowest BCUT2D eigenvalue weighted by atomic mass is 9.89. The van der Waals surface area contributed by atoms with Crippen molar-refractivity contribution in [1.82, 2.24) is 16.0 Å². The number of hydrogen-bond donors (Lipinski definition) is 5. The number of amides is 4. The van der Waals surface area contributed by atoms with E-state index in [9.17, 15) is 24.3 Å². The second kappa shape index (κ2) is 15.4. The number of aliphatic hydroxyl groups excluding tert-OH is 1. The minimum Gasteiger partial charge on any atom is -0.497 e. The van der Waals surface area contributed by atoms with E-state index in [1.807, 2.05) is 0 Å². The lowest BCUT2D eigenvalue weighted by Gasteiger charge is -2.34. The Hall–Kier alpha value is -3.81. The van der Waals surface area contributed by atoms with Crippen LogP contribution in [-0.2, 0) is 20.7 Å². The highest BCUT2D eigenvalue weighted by Crippen LogP contribution is 2.26. The van der Waals surface area contributed by atoms with E-state index < -0.39 is 48.1 Å². The number of nitrogens with two attached hydrogens (primary N) is 1. The molecule has 0 aromatic heterocycles. The van der Waals surface area contributed by atoms with Gasteiger partial charge in [0.1, 0.15) is 29.7 Å². The van der Waals surface area contributed by atoms with Gasteiger partial charge in [0.2, 0.25) is 11.8 Å². The van der Waals surface area contributed by atoms with E-state index in [4.69, 9.17) is 31.5 Å². The second-order valence-corrected chi connectivity index (χ2v) is 10.5. The molecule has 0 heterocycles. The molecule has 12 nitrogen and oxygen atoms in total. The van der Waals surface area contributed by atoms with Crippen molar-refractivity contribution in [3.8, 4) is 11.5 Å². The number of hydrogen-bond acceptors (Lipinski definition) is 8. The van der Waals surface area contributed by atoms with Crippen molar-refractivity contribution in [2.24, 2.45) is 5.73 Å². The van der Waals surface area contributed by atoms with Gasteiger partial charge in [-0.2, -0.15) is 0 Å². The van der Waals surface area contributed by atoms with Crippen LogP contribution < -0.4 is 31.2 Å². The monoisotopic (exact) mass is 666 g/mol. The first-order valence-corrected chi connectivity index (χ1v) is 14.2. The van der Waals surface area contributed by atoms with Crippen LogP contribution in [0.3, 0.4) is 0 Å². The van der Waals surface area contributed by atoms with Crippen LogP contribution in [0.4, 0.5) is 4.79 Å². The van der Waals surface area contributed by atoms with Gasteiger partial charge in [0, 0.05) is 35.3 Å². The van der Waals surface area contributed by atoms with Gasteiger partial charge >= 0.3 is 6.09 Å². The van der Waals surface area contributed by atoms with Gasteiger partial charge in [0.15, 0.2) is 0 Å². The summed E-state index contributed by atoms with van der Waals surface area (Å²) in [7, 11) is 2.98. The van der Waals surface area contributed by atoms with E-state index in [1.54, 1.807) is 36.4 Å². The zero-order chi connectivity index (χ0) is 30.8. The van der Waals surface area contributed by atoms with Crippen molar-refractivity contribution in [3.63, 3.8) is 0 Å². The van der Waals surface area contributed by atoms with Crippen LogP contribution in [0.25, 0.3) is 0 Å². The minimum absolute atomic E-state index is 0.0615. The lowest BCUT2D eigenvalue weighted by molar-refractivity contribution is -0.125. The zero-order valence-corrected chi connectivity index (χ0v) is 25.2. The summed E-state index contributed by atoms with van der Waals surface area (Å²) >= 11 is 8.94. The number of alkyl halides is 1. The molecule has 0 unspecified atom stereocenters. The molecule has 14 heteroatoms. The van der Waals surface area contributed by atoms with E-state index >= 15 is 0 Å². The van der Waals surface area contributed by atoms with Gasteiger partial charge in [0.05, 0.1) is 25.8 Å². The van der Waals surface area contributed by atoms with Gasteiger partial charge in [-0.3, -0.25) is 14.4 Å². The molecule has 3 rings (SSSR count). The fourth-order valence-corrected chi connectivity index (χ4v) is 4.71. The summed E-state index contributed by atoms with van der Waals surface area (Å²) in [6.45, 7) is 0.113. The summed E-state index contributed by atoms with van der Waals surface area (Å²) in [6.07, 6.45) is -2.25. The number of ether oxygens (including phenoxy) is 3. The average molecular weight is 668 g/mol. The molecule has 1 aliphatic rings. The van der Waals surface area contributed by atoms with Crippen LogP contribution in [0.1, 0.15) is 22.3 Å². The summed E-state index contributed by atoms with van der Waals surface area (Å²) in [6, 6.07) is 9.46. The standard InChI is InChI=1S/C28H32BrClN4O8/c1-40-17-5-3-15(4-6-17)11-22(25(31)36)34-26(37)16-12-21(24(35)23(13-16)42-28(39)32-10-9-30)33-27(38)19-14-18(41-2)7-8-20(19)29/h3-8,12,14,21-24,35H,9-11,13H2,1-2H3,(H2,31,36)(H,32,39)(H,33,38)(H,34,37)/t21-,22+,23-,24-/m1/s1. The van der Waals surface area contributed by atoms with E-state index in [0.717, 1.165) is 5.56 Å². The highest BCUT2D eigenvalue weighted by atomic mass is 79.9. The molecule has 0 aliphatic heterocycles. The van der Waals surface area contributed by atoms with Gasteiger partial charge in [0.25, 0.3) is 5.91 Å². The summed E-state index contributed by atoms with van der Waals surface area (Å²) in [5.41, 5.74) is 6.57. The maximum absolute atomic E-state index is 13.4. The molecule has 2 aromatic carbocycles. The smallest absolute Gasteiger partial charge is 0.407 e. The lowest BCUT2D eigenvalue weighted by Crippen LogP contribution is -2.54. The van der Waals surface area contributed by atoms with Crippen LogP contribution >= 0.6 is 27.5 Å². The number of halogens is 2. The molecule has 2 aromatic rings. The Balaban J connectivity index is 1.85. The third kappa shape index (κ3) is 8.84. The number of alkyl carbamates (subject to hydrolysis) is 1. The van der Waals surface area contributed by atoms with Crippen molar-refractivity contribution >= 4 is 51.3 Å². The van der Waals surface area contributed by atoms with Crippen LogP contribution in [-0.4, -0.2) is 79.9 Å². The number of methoxy groups -OCH3 is 2. The average Bonchev–Trinajstić information content (AvgIpc) is 2.98. The molecule has 226 valence electrons. The molecular formula is C28H32BrClN4O8. The number of rotatable bonds is 12. The van der Waals surface area contributed by atoms with Gasteiger partial charge in [-0.1, -0.05) is 18.2 Å². The molecule has 1 aliphatic carbocycles. The zero-order valence-electron chi connectivity index (χ0n) is 22.9. The van der Waals surface area contributed by atoms with Crippen LogP contribution in [0.5, 0.6) is 11.5 Å². The number of carbonyl (C=O) groups excluding carboxylic acids is 4. The molecule has 0 bridgehead atoms. The van der Waals surface area contributed by atoms with E-state index in [-0.39, 0.29) is 36.4 Å². The summed E-state index contributed by atoms with van der Waals surface area (Å²) in [5, 5.41) is 18.7. The summed E-state index contributed by atoms with van der Waals surface area (Å²) in [4.78, 5) is 51.0. The first kappa shape index (κ1) is 32.7. The highest BCUT2D eigenvalue weighted by molar-refractivity contribution is 9.10. The Bertz CT molecular complexity index is 1320. The van der Waals surface area contributed by atoms with Gasteiger partial charge in [-0.15, -0.1) is 11.6 Å². The van der Waals surface area contributed by atoms with Crippen molar-refractivity contribution in [2.75, 3.05) is 26.6 Å². The molecule has 0 radical (unpaired) electrons. The minimum atomic E-state index is -1.41. The van der Waals surface area contributed by atoms with Gasteiger partial charge in [-0.05, 0) is 51.8 Å². The van der Waals surface area contributed by atoms with Crippen molar-refractivity contribution in [1.29, 1.82) is 0 Å². The van der Waals surface area contributed by atoms with E-state index in [0.29, 0.717) is 16.0 Å². The third-order valence-electron chi connectivity index (χ3n) is 6.43. The van der Waals surface area contributed by atoms with Crippen LogP contribution in [0, 0.1) is 0 Å². The Labute approximate surface area is 256 Å². The highest BCUT2D eigenvalue weighted by Gasteiger charge is 2.38. The molecule has 0 fully saturated rings. The van der Waals surface area contributed by atoms with Crippen molar-refractivity contribution in [2.45, 2.75) is 37.1 Å². The molecule has 0 saturated carbocycles. The number of nitrogens with one attached hydrogen (secondary N) is 3. The van der Waals surface area contributed by atoms with Crippen molar-refractivity contribution < 1.29 is 38.5 Å². The Morgan fingerprint density at radius 3 is 2.36 bits per heavy atom. The predicted octanol–water partition coefficient (Wildman–Crippen LogP) is 1.80. The molecule has 6 N–H and O–H groups in total. The Morgan fingerprint density at radius 2 is 1.74 bits per heavy atom. The Kier molecular flexibility index (Phi) is 12.0. The maximum atomic E-state index is 13.4. The summed E-state index contributed by atoms with van der Waals surface area (Å²) in [5.74, 6) is -0.865. The SMILES string of the molecule is COc1ccc(C[C@H](NC(=O)C2=C[C@@H](NC(=O)c3cc(OC)ccc3Br)[C@@H](O)[C@H](OC(=O)NCCCl)C2)C(N)=O)cc1. The fourth-order valence-electron chi connectivity index (χ4n) is 4.19. The van der Waals surface area contributed by atoms with Gasteiger partial charge in [-0.25, -0.2) is 4.79 Å². The van der Waals surface area contributed by atoms with Gasteiger partial charge < -0.3 is 41.0 Å². The normalized spacial score (nSPS) is 18.6. The number of benzene rings is 2. The van der Waals surface area contributed by atoms with Crippen LogP contribution in [0.15, 0.2) is 58.6 Å². The first-order chi connectivity index (χ1) is 20.1. The van der Waals surface area contributed by atoms with Crippen molar-refractivity contribution in [3.05, 3.63) is 69.7 Å². The largest absolute Gasteiger partial charge is 0.497 e. The molecular weight excluding hydrogens is 636 g/mol. The molecule has 4 atom stereocenters. The maximum Gasteiger partial charge on any atom is 0.407 e. The molecule has 0 saturated heterocycles. The quantitative estimate of drug-likeness (QED) is 0.213. The Morgan fingerprint density at radius 1 is 1.07 bits per heavy atom. The topological polar surface area (TPSA) is 178 Å². The fraction of sp³-hybridized carbons (Fsp3) is 0.357. The van der Waals surface area contributed by atoms with E-state index in [1.165, 1.54) is 26.4 Å². The first-order valence-electron chi connectivity index (χ1n) is 12.8. The predicted molar refractivity (Wildman–Crippen MR) is 157 cm³/mol. The molecule has 0 spiro atoms. The van der Waals surface area contributed by atoms with E-state index in [2.05, 4.69) is 31.9 Å². The second-order valence-electron chi connectivity index (χ2n) is 9.27. The number of carbonyl (C=O) groups is 4. The summed E-state index contributed by atoms with van der Waals surface area (Å²) < 4.78 is 16.2. The molecule has 4 amide bonds. The molecule has 42 heavy (non-hydrogen) atoms. The number of aliphatic hydroxyl groups is 1. The number of primary amides is 1.